The number of hydrogen-bond acceptors (Lipinski definition) is 5. The van der Waals surface area contributed by atoms with Crippen LogP contribution in [0.25, 0.3) is 5.69 Å². The average Bonchev–Trinajstić information content (AvgIpc) is 3.01. The van der Waals surface area contributed by atoms with Crippen molar-refractivity contribution >= 4 is 23.3 Å². The number of rotatable bonds is 7. The van der Waals surface area contributed by atoms with Gasteiger partial charge in [-0.15, -0.1) is 0 Å². The van der Waals surface area contributed by atoms with Gasteiger partial charge in [0.2, 0.25) is 0 Å². The predicted octanol–water partition coefficient (Wildman–Crippen LogP) is 2.17. The number of anilines is 1. The second kappa shape index (κ2) is 8.39. The van der Waals surface area contributed by atoms with Crippen LogP contribution in [0.1, 0.15) is 21.7 Å². The van der Waals surface area contributed by atoms with Gasteiger partial charge in [0.15, 0.2) is 6.61 Å². The van der Waals surface area contributed by atoms with Crippen molar-refractivity contribution < 1.29 is 19.1 Å². The van der Waals surface area contributed by atoms with Gasteiger partial charge in [-0.1, -0.05) is 24.3 Å². The molecule has 1 aromatic heterocycles. The molecule has 0 saturated carbocycles. The molecule has 3 aromatic rings. The minimum absolute atomic E-state index is 0.257. The van der Waals surface area contributed by atoms with Crippen molar-refractivity contribution in [1.82, 2.24) is 9.78 Å². The molecule has 0 radical (unpaired) electrons. The van der Waals surface area contributed by atoms with Gasteiger partial charge in [-0.3, -0.25) is 14.4 Å². The van der Waals surface area contributed by atoms with Crippen molar-refractivity contribution in [3.8, 4) is 11.4 Å². The maximum atomic E-state index is 12.8. The zero-order valence-electron chi connectivity index (χ0n) is 16.0. The number of nitrogens with two attached hydrogens (primary N) is 1. The number of nitrogens with zero attached hydrogens (tertiary/aromatic N) is 2. The van der Waals surface area contributed by atoms with Crippen LogP contribution < -0.4 is 15.8 Å². The number of hydrogen-bond donors (Lipinski definition) is 2. The highest BCUT2D eigenvalue weighted by atomic mass is 16.5. The van der Waals surface area contributed by atoms with Gasteiger partial charge in [-0.2, -0.15) is 5.10 Å². The Morgan fingerprint density at radius 3 is 2.48 bits per heavy atom. The molecule has 0 spiro atoms. The molecule has 0 aliphatic heterocycles. The molecule has 3 N–H and O–H groups in total. The fourth-order valence-corrected chi connectivity index (χ4v) is 2.91. The summed E-state index contributed by atoms with van der Waals surface area (Å²) in [6.07, 6.45) is 0. The van der Waals surface area contributed by atoms with Crippen LogP contribution in [0.5, 0.6) is 5.75 Å². The molecule has 148 valence electrons. The minimum atomic E-state index is -0.795. The zero-order chi connectivity index (χ0) is 21.0. The van der Waals surface area contributed by atoms with Gasteiger partial charge < -0.3 is 15.8 Å². The summed E-state index contributed by atoms with van der Waals surface area (Å²) >= 11 is 0. The monoisotopic (exact) mass is 392 g/mol. The largest absolute Gasteiger partial charge is 0.484 e. The van der Waals surface area contributed by atoms with E-state index in [1.54, 1.807) is 36.7 Å². The lowest BCUT2D eigenvalue weighted by atomic mass is 10.1. The van der Waals surface area contributed by atoms with Crippen molar-refractivity contribution in [2.45, 2.75) is 13.8 Å². The fraction of sp³-hybridized carbons (Fsp3) is 0.143. The van der Waals surface area contributed by atoms with Gasteiger partial charge in [0.05, 0.1) is 22.6 Å². The van der Waals surface area contributed by atoms with Crippen LogP contribution in [-0.2, 0) is 9.59 Å². The summed E-state index contributed by atoms with van der Waals surface area (Å²) in [6.45, 7) is 3.14. The standard InChI is InChI=1S/C21H20N4O4/c1-13-19(14(2)25(24-13)16-8-4-3-5-9-16)20(27)21(28)23-15-7-6-10-17(11-15)29-12-18(22)26/h3-11H,12H2,1-2H3,(H2,22,26)(H,23,28). The molecule has 29 heavy (non-hydrogen) atoms. The van der Waals surface area contributed by atoms with E-state index in [0.717, 1.165) is 5.69 Å². The summed E-state index contributed by atoms with van der Waals surface area (Å²) in [5.74, 6) is -1.75. The third-order valence-electron chi connectivity index (χ3n) is 4.20. The molecule has 0 bridgehead atoms. The lowest BCUT2D eigenvalue weighted by Gasteiger charge is -2.08. The number of benzene rings is 2. The maximum absolute atomic E-state index is 12.8. The number of carbonyl (C=O) groups excluding carboxylic acids is 3. The minimum Gasteiger partial charge on any atom is -0.484 e. The van der Waals surface area contributed by atoms with Crippen molar-refractivity contribution in [2.24, 2.45) is 5.73 Å². The third-order valence-corrected chi connectivity index (χ3v) is 4.20. The third kappa shape index (κ3) is 4.49. The van der Waals surface area contributed by atoms with E-state index in [4.69, 9.17) is 10.5 Å². The summed E-state index contributed by atoms with van der Waals surface area (Å²) < 4.78 is 6.83. The molecule has 0 aliphatic carbocycles. The molecule has 1 heterocycles. The summed E-state index contributed by atoms with van der Waals surface area (Å²) in [6, 6.07) is 15.7. The van der Waals surface area contributed by atoms with Crippen molar-refractivity contribution in [2.75, 3.05) is 11.9 Å². The number of aromatic nitrogens is 2. The Morgan fingerprint density at radius 2 is 1.79 bits per heavy atom. The van der Waals surface area contributed by atoms with Gasteiger partial charge >= 0.3 is 0 Å². The molecule has 8 heteroatoms. The number of aryl methyl sites for hydroxylation is 1. The van der Waals surface area contributed by atoms with E-state index in [0.29, 0.717) is 22.8 Å². The van der Waals surface area contributed by atoms with Gasteiger partial charge in [0, 0.05) is 11.8 Å². The fourth-order valence-electron chi connectivity index (χ4n) is 2.91. The van der Waals surface area contributed by atoms with E-state index in [1.165, 1.54) is 6.07 Å². The molecule has 3 rings (SSSR count). The van der Waals surface area contributed by atoms with Gasteiger partial charge in [-0.05, 0) is 38.1 Å². The smallest absolute Gasteiger partial charge is 0.296 e. The molecular formula is C21H20N4O4. The average molecular weight is 392 g/mol. The number of Topliss-reactive ketones (excluding diaryl/α,β-unsaturated/α-hetero) is 1. The van der Waals surface area contributed by atoms with Gasteiger partial charge in [-0.25, -0.2) is 4.68 Å². The highest BCUT2D eigenvalue weighted by molar-refractivity contribution is 6.47. The Bertz CT molecular complexity index is 1070. The van der Waals surface area contributed by atoms with Crippen molar-refractivity contribution in [3.05, 3.63) is 71.5 Å². The molecule has 0 saturated heterocycles. The Morgan fingerprint density at radius 1 is 1.07 bits per heavy atom. The summed E-state index contributed by atoms with van der Waals surface area (Å²) in [5, 5.41) is 6.95. The second-order valence-electron chi connectivity index (χ2n) is 6.36. The van der Waals surface area contributed by atoms with Crippen LogP contribution in [0.2, 0.25) is 0 Å². The molecule has 0 atom stereocenters. The van der Waals surface area contributed by atoms with Crippen LogP contribution >= 0.6 is 0 Å². The highest BCUT2D eigenvalue weighted by Crippen LogP contribution is 2.21. The number of ether oxygens (including phenoxy) is 1. The van der Waals surface area contributed by atoms with E-state index in [1.807, 2.05) is 30.3 Å². The quantitative estimate of drug-likeness (QED) is 0.472. The number of para-hydroxylation sites is 1. The Balaban J connectivity index is 1.79. The van der Waals surface area contributed by atoms with Crippen LogP contribution in [0.15, 0.2) is 54.6 Å². The summed E-state index contributed by atoms with van der Waals surface area (Å²) in [5.41, 5.74) is 7.50. The number of primary amides is 1. The van der Waals surface area contributed by atoms with E-state index in [-0.39, 0.29) is 12.2 Å². The topological polar surface area (TPSA) is 116 Å². The zero-order valence-corrected chi connectivity index (χ0v) is 16.0. The Hall–Kier alpha value is -3.94. The first-order valence-corrected chi connectivity index (χ1v) is 8.85. The maximum Gasteiger partial charge on any atom is 0.296 e. The van der Waals surface area contributed by atoms with Crippen molar-refractivity contribution in [3.63, 3.8) is 0 Å². The molecule has 2 aromatic carbocycles. The first-order chi connectivity index (χ1) is 13.9. The first kappa shape index (κ1) is 19.8. The molecule has 8 nitrogen and oxygen atoms in total. The van der Waals surface area contributed by atoms with E-state index in [9.17, 15) is 14.4 Å². The highest BCUT2D eigenvalue weighted by Gasteiger charge is 2.25. The van der Waals surface area contributed by atoms with Gasteiger partial charge in [0.1, 0.15) is 5.75 Å². The van der Waals surface area contributed by atoms with Crippen LogP contribution in [-0.4, -0.2) is 34.0 Å². The Labute approximate surface area is 167 Å². The molecule has 0 fully saturated rings. The molecule has 0 unspecified atom stereocenters. The first-order valence-electron chi connectivity index (χ1n) is 8.85. The molecular weight excluding hydrogens is 372 g/mol. The Kier molecular flexibility index (Phi) is 5.73. The number of ketones is 1. The van der Waals surface area contributed by atoms with E-state index >= 15 is 0 Å². The predicted molar refractivity (Wildman–Crippen MR) is 107 cm³/mol. The van der Waals surface area contributed by atoms with E-state index in [2.05, 4.69) is 10.4 Å². The van der Waals surface area contributed by atoms with Crippen molar-refractivity contribution in [1.29, 1.82) is 0 Å². The van der Waals surface area contributed by atoms with E-state index < -0.39 is 17.6 Å². The SMILES string of the molecule is Cc1nn(-c2ccccc2)c(C)c1C(=O)C(=O)Nc1cccc(OCC(N)=O)c1. The number of amides is 2. The van der Waals surface area contributed by atoms with Crippen LogP contribution in [0.4, 0.5) is 5.69 Å². The van der Waals surface area contributed by atoms with Crippen LogP contribution in [0.3, 0.4) is 0 Å². The molecule has 2 amide bonds. The number of carbonyl (C=O) groups is 3. The normalized spacial score (nSPS) is 10.4. The van der Waals surface area contributed by atoms with Crippen LogP contribution in [0, 0.1) is 13.8 Å². The lowest BCUT2D eigenvalue weighted by Crippen LogP contribution is -2.24. The van der Waals surface area contributed by atoms with Gasteiger partial charge in [0.25, 0.3) is 17.6 Å². The number of nitrogens with one attached hydrogen (secondary N) is 1. The lowest BCUT2D eigenvalue weighted by molar-refractivity contribution is -0.120. The second-order valence-corrected chi connectivity index (χ2v) is 6.36. The summed E-state index contributed by atoms with van der Waals surface area (Å²) in [4.78, 5) is 36.1. The summed E-state index contributed by atoms with van der Waals surface area (Å²) in [7, 11) is 0. The molecule has 0 aliphatic rings.